The minimum atomic E-state index is -1.58. The Labute approximate surface area is 176 Å². The lowest BCUT2D eigenvalue weighted by Gasteiger charge is -2.26. The van der Waals surface area contributed by atoms with Gasteiger partial charge in [-0.1, -0.05) is 17.9 Å². The maximum atomic E-state index is 12.9. The van der Waals surface area contributed by atoms with Gasteiger partial charge in [0.05, 0.1) is 23.4 Å². The van der Waals surface area contributed by atoms with Crippen molar-refractivity contribution in [1.29, 1.82) is 0 Å². The van der Waals surface area contributed by atoms with E-state index in [4.69, 9.17) is 4.74 Å². The summed E-state index contributed by atoms with van der Waals surface area (Å²) >= 11 is 1.20. The molecule has 9 heteroatoms. The van der Waals surface area contributed by atoms with E-state index in [0.29, 0.717) is 21.1 Å². The number of carbonyl (C=O) groups is 4. The number of imide groups is 1. The van der Waals surface area contributed by atoms with Crippen molar-refractivity contribution in [3.8, 4) is 17.6 Å². The maximum Gasteiger partial charge on any atom is 0.323 e. The van der Waals surface area contributed by atoms with Crippen LogP contribution >= 0.6 is 11.3 Å². The second kappa shape index (κ2) is 7.31. The Morgan fingerprint density at radius 1 is 1.27 bits per heavy atom. The van der Waals surface area contributed by atoms with E-state index in [9.17, 15) is 19.2 Å². The maximum absolute atomic E-state index is 12.9. The average molecular weight is 423 g/mol. The summed E-state index contributed by atoms with van der Waals surface area (Å²) in [6, 6.07) is 7.88. The number of ketones is 1. The number of Topliss-reactive ketones (excluding diaryl/α,β-unsaturated/α-hetero) is 1. The van der Waals surface area contributed by atoms with Crippen LogP contribution in [0.5, 0.6) is 5.75 Å². The van der Waals surface area contributed by atoms with Crippen LogP contribution in [0.15, 0.2) is 30.3 Å². The van der Waals surface area contributed by atoms with Gasteiger partial charge in [0.2, 0.25) is 5.54 Å². The second-order valence-corrected chi connectivity index (χ2v) is 8.05. The SMILES string of the molecule is COc1ccc2c(c1)C(=O)N(CC1(C#Cc3ccc(C(C)=O)s3)NC(=O)NC1=O)C2. The summed E-state index contributed by atoms with van der Waals surface area (Å²) in [5.41, 5.74) is -0.288. The van der Waals surface area contributed by atoms with Gasteiger partial charge in [0.15, 0.2) is 5.78 Å². The number of carbonyl (C=O) groups excluding carboxylic acids is 4. The van der Waals surface area contributed by atoms with E-state index < -0.39 is 17.5 Å². The molecular weight excluding hydrogens is 406 g/mol. The molecule has 30 heavy (non-hydrogen) atoms. The normalized spacial score (nSPS) is 19.7. The van der Waals surface area contributed by atoms with E-state index in [1.807, 2.05) is 0 Å². The minimum Gasteiger partial charge on any atom is -0.497 e. The zero-order valence-electron chi connectivity index (χ0n) is 16.2. The number of methoxy groups -OCH3 is 1. The van der Waals surface area contributed by atoms with Crippen molar-refractivity contribution in [3.63, 3.8) is 0 Å². The van der Waals surface area contributed by atoms with Crippen molar-refractivity contribution in [2.45, 2.75) is 19.0 Å². The van der Waals surface area contributed by atoms with E-state index in [-0.39, 0.29) is 24.8 Å². The van der Waals surface area contributed by atoms with Crippen LogP contribution in [0, 0.1) is 11.8 Å². The number of fused-ring (bicyclic) bond motifs is 1. The minimum absolute atomic E-state index is 0.0782. The van der Waals surface area contributed by atoms with Crippen LogP contribution < -0.4 is 15.4 Å². The number of rotatable bonds is 4. The molecule has 1 atom stereocenters. The molecule has 2 N–H and O–H groups in total. The Morgan fingerprint density at radius 3 is 2.70 bits per heavy atom. The summed E-state index contributed by atoms with van der Waals surface area (Å²) < 4.78 is 5.18. The molecule has 2 aromatic rings. The van der Waals surface area contributed by atoms with Gasteiger partial charge >= 0.3 is 6.03 Å². The predicted molar refractivity (Wildman–Crippen MR) is 108 cm³/mol. The third-order valence-electron chi connectivity index (χ3n) is 4.92. The van der Waals surface area contributed by atoms with Gasteiger partial charge in [0.1, 0.15) is 5.75 Å². The Hall–Kier alpha value is -3.64. The van der Waals surface area contributed by atoms with Crippen LogP contribution in [0.25, 0.3) is 0 Å². The second-order valence-electron chi connectivity index (χ2n) is 6.97. The van der Waals surface area contributed by atoms with Crippen molar-refractivity contribution in [2.75, 3.05) is 13.7 Å². The first-order chi connectivity index (χ1) is 14.3. The molecule has 1 unspecified atom stereocenters. The van der Waals surface area contributed by atoms with E-state index in [2.05, 4.69) is 22.5 Å². The molecule has 3 heterocycles. The van der Waals surface area contributed by atoms with Gasteiger partial charge in [0.25, 0.3) is 11.8 Å². The molecule has 0 aliphatic carbocycles. The fourth-order valence-corrected chi connectivity index (χ4v) is 4.13. The van der Waals surface area contributed by atoms with Crippen molar-refractivity contribution < 1.29 is 23.9 Å². The van der Waals surface area contributed by atoms with Gasteiger partial charge in [-0.25, -0.2) is 4.79 Å². The number of benzene rings is 1. The first kappa shape index (κ1) is 19.7. The summed E-state index contributed by atoms with van der Waals surface area (Å²) in [7, 11) is 1.52. The van der Waals surface area contributed by atoms with Crippen LogP contribution in [0.1, 0.15) is 37.4 Å². The van der Waals surface area contributed by atoms with Gasteiger partial charge in [-0.05, 0) is 36.8 Å². The summed E-state index contributed by atoms with van der Waals surface area (Å²) in [6.45, 7) is 1.64. The molecule has 2 aliphatic rings. The Balaban J connectivity index is 1.64. The van der Waals surface area contributed by atoms with Gasteiger partial charge in [0, 0.05) is 12.1 Å². The first-order valence-corrected chi connectivity index (χ1v) is 9.87. The molecule has 0 radical (unpaired) electrons. The molecule has 8 nitrogen and oxygen atoms in total. The molecule has 4 amide bonds. The molecule has 0 spiro atoms. The molecule has 0 saturated carbocycles. The molecule has 152 valence electrons. The van der Waals surface area contributed by atoms with Crippen LogP contribution in [0.4, 0.5) is 4.79 Å². The first-order valence-electron chi connectivity index (χ1n) is 9.05. The zero-order valence-corrected chi connectivity index (χ0v) is 17.0. The Morgan fingerprint density at radius 2 is 2.07 bits per heavy atom. The Bertz CT molecular complexity index is 1160. The molecule has 0 bridgehead atoms. The zero-order chi connectivity index (χ0) is 21.5. The molecule has 1 fully saturated rings. The third kappa shape index (κ3) is 3.42. The fraction of sp³-hybridized carbons (Fsp3) is 0.238. The highest BCUT2D eigenvalue weighted by Gasteiger charge is 2.48. The summed E-state index contributed by atoms with van der Waals surface area (Å²) in [5, 5.41) is 4.76. The molecule has 4 rings (SSSR count). The average Bonchev–Trinajstić information content (AvgIpc) is 3.38. The third-order valence-corrected chi connectivity index (χ3v) is 6.02. The quantitative estimate of drug-likeness (QED) is 0.441. The monoisotopic (exact) mass is 423 g/mol. The van der Waals surface area contributed by atoms with Crippen LogP contribution in [-0.2, 0) is 11.3 Å². The number of urea groups is 1. The largest absolute Gasteiger partial charge is 0.497 e. The molecule has 1 saturated heterocycles. The van der Waals surface area contributed by atoms with Gasteiger partial charge in [-0.3, -0.25) is 19.7 Å². The summed E-state index contributed by atoms with van der Waals surface area (Å²) in [6.07, 6.45) is 0. The summed E-state index contributed by atoms with van der Waals surface area (Å²) in [4.78, 5) is 51.4. The van der Waals surface area contributed by atoms with Crippen molar-refractivity contribution >= 4 is 35.0 Å². The van der Waals surface area contributed by atoms with E-state index in [1.54, 1.807) is 30.3 Å². The van der Waals surface area contributed by atoms with Crippen molar-refractivity contribution in [2.24, 2.45) is 0 Å². The number of nitrogens with one attached hydrogen (secondary N) is 2. The van der Waals surface area contributed by atoms with Crippen LogP contribution in [0.3, 0.4) is 0 Å². The number of hydrogen-bond acceptors (Lipinski definition) is 6. The topological polar surface area (TPSA) is 105 Å². The van der Waals surface area contributed by atoms with Gasteiger partial charge in [-0.2, -0.15) is 0 Å². The lowest BCUT2D eigenvalue weighted by Crippen LogP contribution is -2.54. The molecule has 2 aliphatic heterocycles. The fourth-order valence-electron chi connectivity index (χ4n) is 3.37. The van der Waals surface area contributed by atoms with Gasteiger partial charge in [-0.15, -0.1) is 11.3 Å². The number of thiophene rings is 1. The number of amides is 4. The van der Waals surface area contributed by atoms with E-state index in [0.717, 1.165) is 5.56 Å². The summed E-state index contributed by atoms with van der Waals surface area (Å²) in [5.74, 6) is 5.28. The number of hydrogen-bond donors (Lipinski definition) is 2. The lowest BCUT2D eigenvalue weighted by atomic mass is 9.99. The van der Waals surface area contributed by atoms with Crippen molar-refractivity contribution in [3.05, 3.63) is 51.2 Å². The van der Waals surface area contributed by atoms with Gasteiger partial charge < -0.3 is 15.0 Å². The molecule has 1 aromatic heterocycles. The highest BCUT2D eigenvalue weighted by atomic mass is 32.1. The Kier molecular flexibility index (Phi) is 4.79. The molecular formula is C21H17N3O5S. The number of ether oxygens (including phenoxy) is 1. The standard InChI is InChI=1S/C21H17N3O5S/c1-12(25)17-6-5-15(30-17)7-8-21(19(27)22-20(28)23-21)11-24-10-13-3-4-14(29-2)9-16(13)18(24)26/h3-6,9H,10-11H2,1-2H3,(H2,22,23,27,28). The van der Waals surface area contributed by atoms with Crippen LogP contribution in [0.2, 0.25) is 0 Å². The van der Waals surface area contributed by atoms with E-state index >= 15 is 0 Å². The predicted octanol–water partition coefficient (Wildman–Crippen LogP) is 1.54. The molecule has 1 aromatic carbocycles. The van der Waals surface area contributed by atoms with Crippen LogP contribution in [-0.4, -0.2) is 47.7 Å². The van der Waals surface area contributed by atoms with Crippen molar-refractivity contribution in [1.82, 2.24) is 15.5 Å². The van der Waals surface area contributed by atoms with E-state index in [1.165, 1.54) is 30.3 Å². The highest BCUT2D eigenvalue weighted by Crippen LogP contribution is 2.28. The lowest BCUT2D eigenvalue weighted by molar-refractivity contribution is -0.122. The number of nitrogens with zero attached hydrogens (tertiary/aromatic N) is 1. The highest BCUT2D eigenvalue weighted by molar-refractivity contribution is 7.14. The smallest absolute Gasteiger partial charge is 0.323 e.